The van der Waals surface area contributed by atoms with Gasteiger partial charge in [-0.05, 0) is 60.1 Å². The summed E-state index contributed by atoms with van der Waals surface area (Å²) in [7, 11) is 0. The molecule has 0 unspecified atom stereocenters. The Morgan fingerprint density at radius 1 is 1.08 bits per heavy atom. The lowest BCUT2D eigenvalue weighted by Crippen LogP contribution is -2.50. The van der Waals surface area contributed by atoms with E-state index in [1.165, 1.54) is 0 Å². The van der Waals surface area contributed by atoms with Crippen molar-refractivity contribution < 1.29 is 19.1 Å². The minimum absolute atomic E-state index is 0.328. The fraction of sp³-hybridized carbons (Fsp3) is 0.481. The SMILES string of the molecule is C#C/C=C\C=C(/C)c1cnc(N2CCN(C(=O)OC(C)(C)C)CC2)c2nc(NC(=O)OC(C)(C)C)cn12. The quantitative estimate of drug-likeness (QED) is 0.471. The Balaban J connectivity index is 1.92. The average molecular weight is 509 g/mol. The number of amides is 2. The third-order valence-electron chi connectivity index (χ3n) is 5.28. The summed E-state index contributed by atoms with van der Waals surface area (Å²) >= 11 is 0. The van der Waals surface area contributed by atoms with Gasteiger partial charge in [0, 0.05) is 26.2 Å². The van der Waals surface area contributed by atoms with Crippen LogP contribution in [0.1, 0.15) is 54.2 Å². The van der Waals surface area contributed by atoms with Crippen LogP contribution < -0.4 is 10.2 Å². The summed E-state index contributed by atoms with van der Waals surface area (Å²) in [5.41, 5.74) is 1.08. The predicted octanol–water partition coefficient (Wildman–Crippen LogP) is 4.73. The van der Waals surface area contributed by atoms with E-state index in [2.05, 4.69) is 21.1 Å². The topological polar surface area (TPSA) is 101 Å². The van der Waals surface area contributed by atoms with E-state index in [9.17, 15) is 9.59 Å². The largest absolute Gasteiger partial charge is 0.444 e. The fourth-order valence-corrected chi connectivity index (χ4v) is 3.71. The highest BCUT2D eigenvalue weighted by atomic mass is 16.6. The Morgan fingerprint density at radius 2 is 1.73 bits per heavy atom. The highest BCUT2D eigenvalue weighted by molar-refractivity contribution is 5.85. The van der Waals surface area contributed by atoms with E-state index < -0.39 is 17.3 Å². The molecule has 2 amide bonds. The number of imidazole rings is 1. The van der Waals surface area contributed by atoms with Crippen molar-refractivity contribution in [3.05, 3.63) is 36.3 Å². The molecule has 1 aliphatic heterocycles. The van der Waals surface area contributed by atoms with Crippen molar-refractivity contribution >= 4 is 35.0 Å². The van der Waals surface area contributed by atoms with Gasteiger partial charge < -0.3 is 19.3 Å². The minimum Gasteiger partial charge on any atom is -0.444 e. The number of aromatic nitrogens is 3. The number of nitrogens with one attached hydrogen (secondary N) is 1. The lowest BCUT2D eigenvalue weighted by atomic mass is 10.2. The zero-order chi connectivity index (χ0) is 27.4. The molecule has 1 N–H and O–H groups in total. The first-order valence-corrected chi connectivity index (χ1v) is 12.2. The van der Waals surface area contributed by atoms with Crippen LogP contribution in [0, 0.1) is 12.3 Å². The summed E-state index contributed by atoms with van der Waals surface area (Å²) in [5.74, 6) is 3.45. The molecule has 198 valence electrons. The van der Waals surface area contributed by atoms with Crippen LogP contribution in [0.25, 0.3) is 11.2 Å². The number of hydrogen-bond donors (Lipinski definition) is 1. The third kappa shape index (κ3) is 7.49. The molecule has 3 heterocycles. The summed E-state index contributed by atoms with van der Waals surface area (Å²) in [5, 5.41) is 2.71. The fourth-order valence-electron chi connectivity index (χ4n) is 3.71. The standard InChI is InChI=1S/C27H36N6O4/c1-9-10-11-12-19(2)20-17-28-22(31-13-15-32(16-14-31)25(35)37-27(6,7)8)23-29-21(18-33(20)23)30-24(34)36-26(3,4)5/h1,10-12,17-18H,13-16H2,2-8H3,(H,30,34)/b11-10-,19-12+. The van der Waals surface area contributed by atoms with E-state index in [0.29, 0.717) is 43.5 Å². The molecule has 0 atom stereocenters. The Bertz CT molecular complexity index is 1250. The molecular formula is C27H36N6O4. The van der Waals surface area contributed by atoms with Crippen molar-refractivity contribution in [2.45, 2.75) is 59.7 Å². The van der Waals surface area contributed by atoms with Gasteiger partial charge in [0.15, 0.2) is 17.3 Å². The summed E-state index contributed by atoms with van der Waals surface area (Å²) < 4.78 is 12.8. The van der Waals surface area contributed by atoms with Gasteiger partial charge in [-0.1, -0.05) is 18.1 Å². The maximum atomic E-state index is 12.5. The van der Waals surface area contributed by atoms with Crippen LogP contribution in [-0.2, 0) is 9.47 Å². The van der Waals surface area contributed by atoms with Crippen LogP contribution in [0.5, 0.6) is 0 Å². The number of piperazine rings is 1. The highest BCUT2D eigenvalue weighted by Crippen LogP contribution is 2.27. The molecule has 2 aromatic heterocycles. The smallest absolute Gasteiger partial charge is 0.413 e. The number of carbonyl (C=O) groups excluding carboxylic acids is 2. The molecule has 0 saturated carbocycles. The van der Waals surface area contributed by atoms with Crippen LogP contribution in [0.15, 0.2) is 30.6 Å². The zero-order valence-corrected chi connectivity index (χ0v) is 22.7. The van der Waals surface area contributed by atoms with E-state index in [4.69, 9.17) is 20.9 Å². The molecule has 0 radical (unpaired) electrons. The number of fused-ring (bicyclic) bond motifs is 1. The molecular weight excluding hydrogens is 472 g/mol. The van der Waals surface area contributed by atoms with E-state index in [1.54, 1.807) is 50.2 Å². The van der Waals surface area contributed by atoms with Crippen LogP contribution in [0.3, 0.4) is 0 Å². The third-order valence-corrected chi connectivity index (χ3v) is 5.28. The van der Waals surface area contributed by atoms with Crippen LogP contribution in [0.2, 0.25) is 0 Å². The number of rotatable bonds is 4. The van der Waals surface area contributed by atoms with Gasteiger partial charge in [0.25, 0.3) is 0 Å². The minimum atomic E-state index is -0.641. The zero-order valence-electron chi connectivity index (χ0n) is 22.7. The van der Waals surface area contributed by atoms with Crippen molar-refractivity contribution in [1.29, 1.82) is 0 Å². The lowest BCUT2D eigenvalue weighted by Gasteiger charge is -2.36. The maximum Gasteiger partial charge on any atom is 0.413 e. The van der Waals surface area contributed by atoms with E-state index in [-0.39, 0.29) is 6.09 Å². The predicted molar refractivity (Wildman–Crippen MR) is 144 cm³/mol. The molecule has 2 aromatic rings. The Kier molecular flexibility index (Phi) is 8.16. The van der Waals surface area contributed by atoms with Gasteiger partial charge in [-0.25, -0.2) is 19.6 Å². The van der Waals surface area contributed by atoms with E-state index in [0.717, 1.165) is 11.3 Å². The van der Waals surface area contributed by atoms with Crippen LogP contribution >= 0.6 is 0 Å². The number of ether oxygens (including phenoxy) is 2. The van der Waals surface area contributed by atoms with Crippen LogP contribution in [0.4, 0.5) is 21.2 Å². The number of hydrogen-bond acceptors (Lipinski definition) is 7. The first-order valence-electron chi connectivity index (χ1n) is 12.2. The second-order valence-electron chi connectivity index (χ2n) is 10.7. The molecule has 10 nitrogen and oxygen atoms in total. The number of anilines is 2. The first kappa shape index (κ1) is 27.6. The summed E-state index contributed by atoms with van der Waals surface area (Å²) in [6, 6.07) is 0. The molecule has 37 heavy (non-hydrogen) atoms. The van der Waals surface area contributed by atoms with Gasteiger partial charge in [0.05, 0.1) is 18.1 Å². The Labute approximate surface area is 218 Å². The van der Waals surface area contributed by atoms with Gasteiger partial charge in [-0.2, -0.15) is 0 Å². The maximum absolute atomic E-state index is 12.5. The number of carbonyl (C=O) groups is 2. The monoisotopic (exact) mass is 508 g/mol. The van der Waals surface area contributed by atoms with Gasteiger partial charge >= 0.3 is 12.2 Å². The molecule has 1 saturated heterocycles. The van der Waals surface area contributed by atoms with Crippen molar-refractivity contribution in [3.63, 3.8) is 0 Å². The number of allylic oxidation sites excluding steroid dienone is 4. The molecule has 0 spiro atoms. The van der Waals surface area contributed by atoms with Crippen molar-refractivity contribution in [3.8, 4) is 12.3 Å². The lowest BCUT2D eigenvalue weighted by molar-refractivity contribution is 0.0240. The Hall–Kier alpha value is -4.00. The average Bonchev–Trinajstić information content (AvgIpc) is 3.19. The second kappa shape index (κ2) is 10.9. The molecule has 0 bridgehead atoms. The second-order valence-corrected chi connectivity index (χ2v) is 10.7. The van der Waals surface area contributed by atoms with Crippen molar-refractivity contribution in [2.75, 3.05) is 36.4 Å². The Morgan fingerprint density at radius 3 is 2.32 bits per heavy atom. The van der Waals surface area contributed by atoms with E-state index in [1.807, 2.05) is 38.2 Å². The molecule has 3 rings (SSSR count). The summed E-state index contributed by atoms with van der Waals surface area (Å²) in [6.07, 6.45) is 13.2. The number of nitrogens with zero attached hydrogens (tertiary/aromatic N) is 5. The number of terminal acetylenes is 1. The highest BCUT2D eigenvalue weighted by Gasteiger charge is 2.28. The van der Waals surface area contributed by atoms with Gasteiger partial charge in [0.1, 0.15) is 11.2 Å². The van der Waals surface area contributed by atoms with E-state index >= 15 is 0 Å². The normalized spacial score (nSPS) is 15.1. The molecule has 1 aliphatic rings. The summed E-state index contributed by atoms with van der Waals surface area (Å²) in [6.45, 7) is 15.0. The summed E-state index contributed by atoms with van der Waals surface area (Å²) in [4.78, 5) is 38.0. The first-order chi connectivity index (χ1) is 17.3. The van der Waals surface area contributed by atoms with Gasteiger partial charge in [-0.3, -0.25) is 9.72 Å². The van der Waals surface area contributed by atoms with Crippen molar-refractivity contribution in [2.24, 2.45) is 0 Å². The molecule has 1 fully saturated rings. The van der Waals surface area contributed by atoms with Gasteiger partial charge in [-0.15, -0.1) is 6.42 Å². The molecule has 0 aromatic carbocycles. The van der Waals surface area contributed by atoms with Crippen molar-refractivity contribution in [1.82, 2.24) is 19.3 Å². The van der Waals surface area contributed by atoms with Gasteiger partial charge in [0.2, 0.25) is 0 Å². The molecule has 10 heteroatoms. The van der Waals surface area contributed by atoms with Crippen LogP contribution in [-0.4, -0.2) is 68.8 Å². The molecule has 0 aliphatic carbocycles.